The maximum Gasteiger partial charge on any atom is 0.351 e. The lowest BCUT2D eigenvalue weighted by Gasteiger charge is -2.18. The van der Waals surface area contributed by atoms with Gasteiger partial charge in [-0.15, -0.1) is 0 Å². The maximum atomic E-state index is 13.2. The third-order valence-corrected chi connectivity index (χ3v) is 5.34. The van der Waals surface area contributed by atoms with Crippen LogP contribution in [0.2, 0.25) is 0 Å². The zero-order chi connectivity index (χ0) is 25.8. The highest BCUT2D eigenvalue weighted by Gasteiger charge is 2.29. The van der Waals surface area contributed by atoms with E-state index < -0.39 is 34.1 Å². The second-order valence-corrected chi connectivity index (χ2v) is 7.79. The number of hydrogen-bond acceptors (Lipinski definition) is 8. The number of esters is 1. The fraction of sp³-hybridized carbons (Fsp3) is 0.115. The van der Waals surface area contributed by atoms with Crippen molar-refractivity contribution in [2.45, 2.75) is 13.0 Å². The Morgan fingerprint density at radius 2 is 1.78 bits per heavy atom. The number of methoxy groups -OCH3 is 1. The van der Waals surface area contributed by atoms with Crippen LogP contribution in [0.3, 0.4) is 0 Å². The number of aryl methyl sites for hydroxylation is 1. The van der Waals surface area contributed by atoms with E-state index in [9.17, 15) is 24.5 Å². The van der Waals surface area contributed by atoms with Gasteiger partial charge in [-0.05, 0) is 30.7 Å². The molecule has 4 rings (SSSR count). The minimum atomic E-state index is -1.51. The summed E-state index contributed by atoms with van der Waals surface area (Å²) in [5.74, 6) is -1.63. The molecule has 0 radical (unpaired) electrons. The summed E-state index contributed by atoms with van der Waals surface area (Å²) in [5, 5.41) is 14.3. The molecule has 0 aliphatic carbocycles. The topological polar surface area (TPSA) is 138 Å². The number of nitro benzene ring substituents is 1. The summed E-state index contributed by atoms with van der Waals surface area (Å²) < 4.78 is 15.9. The van der Waals surface area contributed by atoms with Crippen molar-refractivity contribution in [1.29, 1.82) is 0 Å². The van der Waals surface area contributed by atoms with Crippen LogP contribution in [0.4, 0.5) is 11.4 Å². The van der Waals surface area contributed by atoms with Crippen LogP contribution in [0, 0.1) is 17.0 Å². The normalized spacial score (nSPS) is 11.5. The van der Waals surface area contributed by atoms with Crippen LogP contribution < -0.4 is 15.7 Å². The van der Waals surface area contributed by atoms with Crippen LogP contribution in [0.1, 0.15) is 27.6 Å². The lowest BCUT2D eigenvalue weighted by atomic mass is 10.1. The van der Waals surface area contributed by atoms with Crippen LogP contribution in [0.15, 0.2) is 82.0 Å². The van der Waals surface area contributed by atoms with Gasteiger partial charge in [-0.3, -0.25) is 14.9 Å². The SMILES string of the molecule is COc1cccc2cc(C(=O)OC(C(=O)Nc3ccc(C)cc3[N+](=O)[O-])c3ccccc3)c(=O)oc12. The van der Waals surface area contributed by atoms with Gasteiger partial charge in [-0.25, -0.2) is 9.59 Å². The number of anilines is 1. The van der Waals surface area contributed by atoms with Gasteiger partial charge >= 0.3 is 11.6 Å². The number of rotatable bonds is 7. The molecule has 1 heterocycles. The summed E-state index contributed by atoms with van der Waals surface area (Å²) in [6, 6.07) is 18.5. The van der Waals surface area contributed by atoms with Crippen molar-refractivity contribution >= 4 is 34.2 Å². The van der Waals surface area contributed by atoms with Crippen molar-refractivity contribution in [3.63, 3.8) is 0 Å². The summed E-state index contributed by atoms with van der Waals surface area (Å²) >= 11 is 0. The molecule has 1 amide bonds. The summed E-state index contributed by atoms with van der Waals surface area (Å²) in [6.45, 7) is 1.68. The molecule has 0 saturated heterocycles. The molecule has 1 atom stereocenters. The van der Waals surface area contributed by atoms with Gasteiger partial charge in [-0.1, -0.05) is 48.5 Å². The summed E-state index contributed by atoms with van der Waals surface area (Å²) in [4.78, 5) is 49.6. The van der Waals surface area contributed by atoms with Crippen LogP contribution in [0.5, 0.6) is 5.75 Å². The number of para-hydroxylation sites is 1. The largest absolute Gasteiger partial charge is 0.493 e. The molecule has 0 spiro atoms. The molecule has 0 fully saturated rings. The number of benzene rings is 3. The van der Waals surface area contributed by atoms with E-state index in [2.05, 4.69) is 5.32 Å². The molecule has 1 unspecified atom stereocenters. The van der Waals surface area contributed by atoms with Crippen molar-refractivity contribution in [3.8, 4) is 5.75 Å². The summed E-state index contributed by atoms with van der Waals surface area (Å²) in [5.41, 5.74) is -0.694. The van der Waals surface area contributed by atoms with Crippen LogP contribution >= 0.6 is 0 Å². The maximum absolute atomic E-state index is 13.2. The molecule has 182 valence electrons. The van der Waals surface area contributed by atoms with Crippen LogP contribution in [0.25, 0.3) is 11.0 Å². The van der Waals surface area contributed by atoms with Crippen molar-refractivity contribution in [3.05, 3.63) is 110 Å². The Bertz CT molecular complexity index is 1530. The monoisotopic (exact) mass is 488 g/mol. The number of nitro groups is 1. The minimum Gasteiger partial charge on any atom is -0.493 e. The molecule has 4 aromatic rings. The quantitative estimate of drug-likeness (QED) is 0.173. The predicted molar refractivity (Wildman–Crippen MR) is 130 cm³/mol. The highest BCUT2D eigenvalue weighted by Crippen LogP contribution is 2.29. The van der Waals surface area contributed by atoms with Gasteiger partial charge in [0, 0.05) is 17.0 Å². The van der Waals surface area contributed by atoms with Crippen molar-refractivity contribution in [1.82, 2.24) is 0 Å². The number of carbonyl (C=O) groups is 2. The highest BCUT2D eigenvalue weighted by molar-refractivity contribution is 6.00. The van der Waals surface area contributed by atoms with Crippen LogP contribution in [-0.4, -0.2) is 23.9 Å². The van der Waals surface area contributed by atoms with E-state index in [4.69, 9.17) is 13.9 Å². The summed E-state index contributed by atoms with van der Waals surface area (Å²) in [6.07, 6.45) is -1.51. The highest BCUT2D eigenvalue weighted by atomic mass is 16.6. The standard InChI is InChI=1S/C26H20N2O8/c1-15-11-12-19(20(13-15)28(32)33)27-24(29)23(16-7-4-3-5-8-16)36-26(31)18-14-17-9-6-10-21(34-2)22(17)35-25(18)30/h3-14,23H,1-2H3,(H,27,29). The van der Waals surface area contributed by atoms with E-state index in [0.29, 0.717) is 22.3 Å². The second kappa shape index (κ2) is 10.1. The molecule has 3 aromatic carbocycles. The van der Waals surface area contributed by atoms with Gasteiger partial charge < -0.3 is 19.2 Å². The zero-order valence-corrected chi connectivity index (χ0v) is 19.2. The number of nitrogens with one attached hydrogen (secondary N) is 1. The second-order valence-electron chi connectivity index (χ2n) is 7.79. The number of carbonyl (C=O) groups excluding carboxylic acids is 2. The fourth-order valence-corrected chi connectivity index (χ4v) is 3.59. The minimum absolute atomic E-state index is 0.0649. The number of amides is 1. The predicted octanol–water partition coefficient (Wildman–Crippen LogP) is 4.56. The first-order chi connectivity index (χ1) is 17.3. The van der Waals surface area contributed by atoms with E-state index in [1.807, 2.05) is 0 Å². The van der Waals surface area contributed by atoms with Gasteiger partial charge in [0.2, 0.25) is 6.10 Å². The molecule has 36 heavy (non-hydrogen) atoms. The van der Waals surface area contributed by atoms with Crippen molar-refractivity contribution in [2.24, 2.45) is 0 Å². The number of fused-ring (bicyclic) bond motifs is 1. The Hall–Kier alpha value is -4.99. The molecular formula is C26H20N2O8. The van der Waals surface area contributed by atoms with Gasteiger partial charge in [0.25, 0.3) is 11.6 Å². The van der Waals surface area contributed by atoms with Gasteiger partial charge in [-0.2, -0.15) is 0 Å². The lowest BCUT2D eigenvalue weighted by molar-refractivity contribution is -0.384. The van der Waals surface area contributed by atoms with E-state index in [0.717, 1.165) is 0 Å². The molecule has 0 saturated carbocycles. The molecule has 0 aliphatic heterocycles. The molecule has 1 N–H and O–H groups in total. The average molecular weight is 488 g/mol. The van der Waals surface area contributed by atoms with Crippen molar-refractivity contribution < 1.29 is 28.4 Å². The molecule has 10 nitrogen and oxygen atoms in total. The third-order valence-electron chi connectivity index (χ3n) is 5.34. The average Bonchev–Trinajstić information content (AvgIpc) is 2.87. The van der Waals surface area contributed by atoms with E-state index in [1.54, 1.807) is 61.5 Å². The third kappa shape index (κ3) is 4.92. The number of nitrogens with zero attached hydrogens (tertiary/aromatic N) is 1. The van der Waals surface area contributed by atoms with Crippen molar-refractivity contribution in [2.75, 3.05) is 12.4 Å². The first-order valence-electron chi connectivity index (χ1n) is 10.7. The molecule has 10 heteroatoms. The summed E-state index contributed by atoms with van der Waals surface area (Å²) in [7, 11) is 1.42. The van der Waals surface area contributed by atoms with Crippen LogP contribution in [-0.2, 0) is 9.53 Å². The molecule has 0 aliphatic rings. The van der Waals surface area contributed by atoms with E-state index in [-0.39, 0.29) is 17.0 Å². The van der Waals surface area contributed by atoms with E-state index >= 15 is 0 Å². The van der Waals surface area contributed by atoms with Gasteiger partial charge in [0.15, 0.2) is 11.3 Å². The Morgan fingerprint density at radius 3 is 2.47 bits per heavy atom. The fourth-order valence-electron chi connectivity index (χ4n) is 3.59. The zero-order valence-electron chi connectivity index (χ0n) is 19.2. The first kappa shape index (κ1) is 24.1. The smallest absolute Gasteiger partial charge is 0.351 e. The first-order valence-corrected chi connectivity index (χ1v) is 10.7. The van der Waals surface area contributed by atoms with Gasteiger partial charge in [0.1, 0.15) is 11.3 Å². The Morgan fingerprint density at radius 1 is 1.03 bits per heavy atom. The Kier molecular flexibility index (Phi) is 6.77. The Balaban J connectivity index is 1.68. The molecular weight excluding hydrogens is 468 g/mol. The number of ether oxygens (including phenoxy) is 2. The molecule has 0 bridgehead atoms. The number of hydrogen-bond donors (Lipinski definition) is 1. The van der Waals surface area contributed by atoms with E-state index in [1.165, 1.54) is 25.3 Å². The van der Waals surface area contributed by atoms with Gasteiger partial charge in [0.05, 0.1) is 12.0 Å². The lowest BCUT2D eigenvalue weighted by Crippen LogP contribution is -2.28. The molecule has 1 aromatic heterocycles. The Labute approximate surface area is 204 Å².